The van der Waals surface area contributed by atoms with E-state index in [1.165, 1.54) is 12.1 Å². The van der Waals surface area contributed by atoms with Crippen LogP contribution < -0.4 is 21.1 Å². The normalized spacial score (nSPS) is 24.5. The van der Waals surface area contributed by atoms with E-state index in [-0.39, 0.29) is 11.7 Å². The fourth-order valence-corrected chi connectivity index (χ4v) is 4.11. The second kappa shape index (κ2) is 7.26. The molecule has 2 unspecified atom stereocenters. The Balaban J connectivity index is 1.75. The molecule has 6 heteroatoms. The van der Waals surface area contributed by atoms with E-state index in [4.69, 9.17) is 16.9 Å². The largest absolute Gasteiger partial charge is 0.495 e. The molecule has 0 fully saturated rings. The van der Waals surface area contributed by atoms with Gasteiger partial charge in [0.05, 0.1) is 12.7 Å². The summed E-state index contributed by atoms with van der Waals surface area (Å²) in [6.45, 7) is 0. The first-order valence-electron chi connectivity index (χ1n) is 9.45. The molecule has 4 N–H and O–H groups in total. The Labute approximate surface area is 169 Å². The van der Waals surface area contributed by atoms with E-state index < -0.39 is 5.79 Å². The fourth-order valence-electron chi connectivity index (χ4n) is 4.11. The second-order valence-corrected chi connectivity index (χ2v) is 7.22. The van der Waals surface area contributed by atoms with Gasteiger partial charge in [0.25, 0.3) is 0 Å². The monoisotopic (exact) mass is 390 g/mol. The quantitative estimate of drug-likeness (QED) is 0.705. The fraction of sp³-hybridized carbons (Fsp3) is 0.261. The summed E-state index contributed by atoms with van der Waals surface area (Å²) in [6.07, 6.45) is 7.31. The van der Waals surface area contributed by atoms with E-state index in [0.29, 0.717) is 11.3 Å². The van der Waals surface area contributed by atoms with Gasteiger partial charge in [0.2, 0.25) is 0 Å². The van der Waals surface area contributed by atoms with Gasteiger partial charge in [0.15, 0.2) is 5.79 Å². The average Bonchev–Trinajstić information content (AvgIpc) is 3.16. The molecule has 2 aromatic carbocycles. The number of rotatable bonds is 3. The van der Waals surface area contributed by atoms with Gasteiger partial charge in [-0.2, -0.15) is 0 Å². The van der Waals surface area contributed by atoms with Gasteiger partial charge < -0.3 is 15.4 Å². The van der Waals surface area contributed by atoms with Crippen LogP contribution in [-0.4, -0.2) is 20.0 Å². The van der Waals surface area contributed by atoms with Crippen molar-refractivity contribution in [1.29, 1.82) is 0 Å². The molecular weight excluding hydrogens is 367 g/mol. The van der Waals surface area contributed by atoms with Crippen molar-refractivity contribution in [3.8, 4) is 18.1 Å². The molecule has 1 aliphatic carbocycles. The predicted octanol–water partition coefficient (Wildman–Crippen LogP) is 2.94. The van der Waals surface area contributed by atoms with E-state index in [1.54, 1.807) is 14.2 Å². The topological polar surface area (TPSA) is 71.7 Å². The zero-order chi connectivity index (χ0) is 20.6. The molecule has 4 rings (SSSR count). The number of amidine groups is 1. The van der Waals surface area contributed by atoms with Crippen molar-refractivity contribution < 1.29 is 9.13 Å². The first kappa shape index (κ1) is 19.0. The molecule has 0 radical (unpaired) electrons. The van der Waals surface area contributed by atoms with Crippen molar-refractivity contribution in [3.63, 3.8) is 0 Å². The molecule has 0 spiro atoms. The van der Waals surface area contributed by atoms with E-state index >= 15 is 0 Å². The maximum absolute atomic E-state index is 13.4. The molecule has 2 atom stereocenters. The number of allylic oxidation sites excluding steroid dienone is 1. The minimum atomic E-state index is -1.09. The summed E-state index contributed by atoms with van der Waals surface area (Å²) in [6, 6.07) is 12.1. The number of aliphatic imine (C=N–C) groups is 1. The standard InChI is InChI=1S/C23H23FN4O/c1-4-14-5-8-16(13-20(14)29-3)23(25)27-21-18(15-6-9-17(24)10-7-15)11-12-19(21)22(26-2)28-23/h1,5-10,13,18,27H,11-12,25H2,2-3H3,(H,26,28). The molecule has 0 bridgehead atoms. The zero-order valence-corrected chi connectivity index (χ0v) is 16.4. The minimum absolute atomic E-state index is 0.0965. The van der Waals surface area contributed by atoms with Gasteiger partial charge in [-0.25, -0.2) is 4.39 Å². The van der Waals surface area contributed by atoms with Gasteiger partial charge in [-0.05, 0) is 42.7 Å². The number of methoxy groups -OCH3 is 1. The summed E-state index contributed by atoms with van der Waals surface area (Å²) in [5, 5.41) is 6.82. The van der Waals surface area contributed by atoms with Crippen molar-refractivity contribution >= 4 is 5.84 Å². The van der Waals surface area contributed by atoms with Crippen LogP contribution in [0.2, 0.25) is 0 Å². The van der Waals surface area contributed by atoms with Crippen molar-refractivity contribution in [3.05, 3.63) is 76.2 Å². The molecule has 148 valence electrons. The molecule has 1 aliphatic heterocycles. The maximum Gasteiger partial charge on any atom is 0.190 e. The Hall–Kier alpha value is -3.30. The first-order valence-corrected chi connectivity index (χ1v) is 9.45. The molecule has 0 amide bonds. The number of hydrogen-bond donors (Lipinski definition) is 3. The molecule has 0 aromatic heterocycles. The highest BCUT2D eigenvalue weighted by Crippen LogP contribution is 2.42. The van der Waals surface area contributed by atoms with E-state index in [0.717, 1.165) is 41.1 Å². The van der Waals surface area contributed by atoms with Gasteiger partial charge in [0, 0.05) is 29.8 Å². The van der Waals surface area contributed by atoms with Crippen LogP contribution in [0.5, 0.6) is 5.75 Å². The van der Waals surface area contributed by atoms with Crippen LogP contribution in [0.15, 0.2) is 58.7 Å². The number of benzene rings is 2. The van der Waals surface area contributed by atoms with Crippen molar-refractivity contribution in [2.45, 2.75) is 24.5 Å². The summed E-state index contributed by atoms with van der Waals surface area (Å²) < 4.78 is 18.8. The predicted molar refractivity (Wildman–Crippen MR) is 112 cm³/mol. The molecule has 0 saturated carbocycles. The molecule has 2 aliphatic rings. The minimum Gasteiger partial charge on any atom is -0.495 e. The lowest BCUT2D eigenvalue weighted by Gasteiger charge is -2.40. The lowest BCUT2D eigenvalue weighted by molar-refractivity contribution is 0.329. The molecule has 5 nitrogen and oxygen atoms in total. The SMILES string of the molecule is C#Cc1ccc(C2(N)NC(=NC)C3=C(N2)C(c2ccc(F)cc2)CC3)cc1OC. The van der Waals surface area contributed by atoms with Crippen molar-refractivity contribution in [1.82, 2.24) is 10.6 Å². The highest BCUT2D eigenvalue weighted by molar-refractivity contribution is 6.01. The Morgan fingerprint density at radius 1 is 1.24 bits per heavy atom. The number of halogens is 1. The van der Waals surface area contributed by atoms with Crippen molar-refractivity contribution in [2.24, 2.45) is 10.7 Å². The molecule has 1 heterocycles. The number of hydrogen-bond acceptors (Lipinski definition) is 4. The highest BCUT2D eigenvalue weighted by atomic mass is 19.1. The summed E-state index contributed by atoms with van der Waals surface area (Å²) in [4.78, 5) is 4.43. The number of nitrogens with two attached hydrogens (primary N) is 1. The van der Waals surface area contributed by atoms with Gasteiger partial charge in [-0.1, -0.05) is 24.1 Å². The number of nitrogens with one attached hydrogen (secondary N) is 2. The smallest absolute Gasteiger partial charge is 0.190 e. The Kier molecular flexibility index (Phi) is 4.77. The highest BCUT2D eigenvalue weighted by Gasteiger charge is 2.41. The van der Waals surface area contributed by atoms with Crippen molar-refractivity contribution in [2.75, 3.05) is 14.2 Å². The lowest BCUT2D eigenvalue weighted by Crippen LogP contribution is -2.65. The van der Waals surface area contributed by atoms with E-state index in [9.17, 15) is 4.39 Å². The molecular formula is C23H23FN4O. The summed E-state index contributed by atoms with van der Waals surface area (Å²) in [5.41, 5.74) is 11.4. The Morgan fingerprint density at radius 2 is 2.00 bits per heavy atom. The van der Waals surface area contributed by atoms with Crippen LogP contribution in [0.1, 0.15) is 35.4 Å². The third-order valence-corrected chi connectivity index (χ3v) is 5.60. The molecule has 0 saturated heterocycles. The van der Waals surface area contributed by atoms with Gasteiger partial charge in [-0.15, -0.1) is 6.42 Å². The van der Waals surface area contributed by atoms with Gasteiger partial charge in [-0.3, -0.25) is 10.7 Å². The van der Waals surface area contributed by atoms with Crippen LogP contribution in [0, 0.1) is 18.2 Å². The van der Waals surface area contributed by atoms with Crippen LogP contribution in [0.25, 0.3) is 0 Å². The third kappa shape index (κ3) is 3.24. The Morgan fingerprint density at radius 3 is 2.66 bits per heavy atom. The lowest BCUT2D eigenvalue weighted by atomic mass is 9.94. The van der Waals surface area contributed by atoms with Gasteiger partial charge in [0.1, 0.15) is 17.4 Å². The van der Waals surface area contributed by atoms with E-state index in [2.05, 4.69) is 21.5 Å². The number of ether oxygens (including phenoxy) is 1. The first-order chi connectivity index (χ1) is 14.0. The molecule has 29 heavy (non-hydrogen) atoms. The van der Waals surface area contributed by atoms with Crippen LogP contribution in [-0.2, 0) is 5.79 Å². The van der Waals surface area contributed by atoms with Crippen LogP contribution in [0.4, 0.5) is 4.39 Å². The van der Waals surface area contributed by atoms with Crippen LogP contribution in [0.3, 0.4) is 0 Å². The Bertz CT molecular complexity index is 1050. The van der Waals surface area contributed by atoms with Crippen LogP contribution >= 0.6 is 0 Å². The third-order valence-electron chi connectivity index (χ3n) is 5.60. The summed E-state index contributed by atoms with van der Waals surface area (Å²) in [5.74, 6) is 2.71. The van der Waals surface area contributed by atoms with E-state index in [1.807, 2.05) is 30.3 Å². The summed E-state index contributed by atoms with van der Waals surface area (Å²) in [7, 11) is 3.32. The number of nitrogens with zero attached hydrogens (tertiary/aromatic N) is 1. The average molecular weight is 390 g/mol. The second-order valence-electron chi connectivity index (χ2n) is 7.22. The molecule has 2 aromatic rings. The van der Waals surface area contributed by atoms with Gasteiger partial charge >= 0.3 is 0 Å². The zero-order valence-electron chi connectivity index (χ0n) is 16.4. The maximum atomic E-state index is 13.4. The number of terminal acetylenes is 1. The summed E-state index contributed by atoms with van der Waals surface area (Å²) >= 11 is 0.